The van der Waals surface area contributed by atoms with Gasteiger partial charge in [0.25, 0.3) is 0 Å². The highest BCUT2D eigenvalue weighted by atomic mass is 79.9. The minimum absolute atomic E-state index is 0.283. The van der Waals surface area contributed by atoms with Crippen LogP contribution < -0.4 is 0 Å². The molecule has 0 radical (unpaired) electrons. The number of aromatic nitrogens is 3. The maximum absolute atomic E-state index is 11.2. The molecule has 0 aliphatic rings. The predicted octanol–water partition coefficient (Wildman–Crippen LogP) is 3.17. The van der Waals surface area contributed by atoms with Gasteiger partial charge in [0.15, 0.2) is 5.65 Å². The largest absolute Gasteiger partial charge is 0.478 e. The van der Waals surface area contributed by atoms with E-state index in [1.165, 1.54) is 0 Å². The molecule has 0 bridgehead atoms. The lowest BCUT2D eigenvalue weighted by Gasteiger charge is -2.09. The zero-order valence-electron chi connectivity index (χ0n) is 10.5. The van der Waals surface area contributed by atoms with Gasteiger partial charge >= 0.3 is 5.97 Å². The number of fused-ring (bicyclic) bond motifs is 1. The number of rotatable bonds is 2. The first-order chi connectivity index (χ1) is 9.58. The molecule has 0 saturated heterocycles. The Morgan fingerprint density at radius 1 is 1.40 bits per heavy atom. The van der Waals surface area contributed by atoms with E-state index in [2.05, 4.69) is 26.0 Å². The smallest absolute Gasteiger partial charge is 0.335 e. The summed E-state index contributed by atoms with van der Waals surface area (Å²) >= 11 is 3.46. The lowest BCUT2D eigenvalue weighted by atomic mass is 10.00. The van der Waals surface area contributed by atoms with Crippen LogP contribution in [-0.2, 0) is 0 Å². The van der Waals surface area contributed by atoms with Crippen molar-refractivity contribution in [2.24, 2.45) is 0 Å². The van der Waals surface area contributed by atoms with Crippen LogP contribution in [0.1, 0.15) is 15.9 Å². The molecule has 5 nitrogen and oxygen atoms in total. The Balaban J connectivity index is 2.25. The molecule has 0 aliphatic heterocycles. The van der Waals surface area contributed by atoms with E-state index < -0.39 is 5.97 Å². The number of hydrogen-bond acceptors (Lipinski definition) is 3. The Labute approximate surface area is 123 Å². The number of nitrogens with zero attached hydrogens (tertiary/aromatic N) is 3. The number of carbonyl (C=O) groups is 1. The van der Waals surface area contributed by atoms with Crippen LogP contribution in [-0.4, -0.2) is 25.7 Å². The van der Waals surface area contributed by atoms with Crippen molar-refractivity contribution < 1.29 is 9.90 Å². The third-order valence-electron chi connectivity index (χ3n) is 3.15. The Bertz CT molecular complexity index is 826. The summed E-state index contributed by atoms with van der Waals surface area (Å²) in [5, 5.41) is 13.6. The van der Waals surface area contributed by atoms with Crippen molar-refractivity contribution in [3.05, 3.63) is 52.3 Å². The number of aromatic carboxylic acids is 1. The van der Waals surface area contributed by atoms with E-state index in [4.69, 9.17) is 0 Å². The summed E-state index contributed by atoms with van der Waals surface area (Å²) in [6, 6.07) is 7.01. The number of halogens is 1. The summed E-state index contributed by atoms with van der Waals surface area (Å²) in [7, 11) is 0. The minimum atomic E-state index is -0.938. The molecule has 2 heterocycles. The molecule has 3 rings (SSSR count). The Morgan fingerprint density at radius 2 is 2.20 bits per heavy atom. The summed E-state index contributed by atoms with van der Waals surface area (Å²) in [6.07, 6.45) is 3.41. The second kappa shape index (κ2) is 4.72. The van der Waals surface area contributed by atoms with Crippen molar-refractivity contribution in [1.29, 1.82) is 0 Å². The fourth-order valence-corrected chi connectivity index (χ4v) is 2.66. The minimum Gasteiger partial charge on any atom is -0.478 e. The van der Waals surface area contributed by atoms with Crippen molar-refractivity contribution in [3.63, 3.8) is 0 Å². The van der Waals surface area contributed by atoms with Gasteiger partial charge < -0.3 is 5.11 Å². The second-order valence-corrected chi connectivity index (χ2v) is 5.21. The van der Waals surface area contributed by atoms with Gasteiger partial charge in [-0.05, 0) is 40.5 Å². The van der Waals surface area contributed by atoms with Crippen molar-refractivity contribution in [2.75, 3.05) is 0 Å². The van der Waals surface area contributed by atoms with Crippen LogP contribution in [0.3, 0.4) is 0 Å². The van der Waals surface area contributed by atoms with Crippen LogP contribution in [0.4, 0.5) is 0 Å². The molecule has 6 heteroatoms. The summed E-state index contributed by atoms with van der Waals surface area (Å²) in [6.45, 7) is 1.78. The standard InChI is InChI=1S/C14H10BrN3O2/c1-8-9(3-2-4-10(8)14(19)20)12-7-11(15)13-16-5-6-18(13)17-12/h2-7H,1H3,(H,19,20). The van der Waals surface area contributed by atoms with Crippen LogP contribution in [0, 0.1) is 6.92 Å². The lowest BCUT2D eigenvalue weighted by Crippen LogP contribution is -2.02. The molecule has 0 aliphatic carbocycles. The third kappa shape index (κ3) is 1.98. The predicted molar refractivity (Wildman–Crippen MR) is 77.8 cm³/mol. The maximum Gasteiger partial charge on any atom is 0.335 e. The number of imidazole rings is 1. The number of carboxylic acid groups (broad SMARTS) is 1. The molecule has 3 aromatic rings. The molecular formula is C14H10BrN3O2. The van der Waals surface area contributed by atoms with Crippen molar-refractivity contribution >= 4 is 27.5 Å². The first-order valence-electron chi connectivity index (χ1n) is 5.91. The highest BCUT2D eigenvalue weighted by Crippen LogP contribution is 2.27. The topological polar surface area (TPSA) is 67.5 Å². The van der Waals surface area contributed by atoms with Gasteiger partial charge in [-0.1, -0.05) is 12.1 Å². The van der Waals surface area contributed by atoms with Crippen LogP contribution in [0.5, 0.6) is 0 Å². The van der Waals surface area contributed by atoms with Gasteiger partial charge in [0.2, 0.25) is 0 Å². The zero-order valence-corrected chi connectivity index (χ0v) is 12.1. The third-order valence-corrected chi connectivity index (χ3v) is 3.74. The van der Waals surface area contributed by atoms with E-state index in [9.17, 15) is 9.90 Å². The Hall–Kier alpha value is -2.21. The van der Waals surface area contributed by atoms with Crippen molar-refractivity contribution in [3.8, 4) is 11.3 Å². The highest BCUT2D eigenvalue weighted by Gasteiger charge is 2.14. The summed E-state index contributed by atoms with van der Waals surface area (Å²) in [5.74, 6) is -0.938. The normalized spacial score (nSPS) is 10.9. The zero-order chi connectivity index (χ0) is 14.3. The van der Waals surface area contributed by atoms with E-state index in [1.54, 1.807) is 36.0 Å². The molecule has 0 saturated carbocycles. The molecule has 2 aromatic heterocycles. The fourth-order valence-electron chi connectivity index (χ4n) is 2.15. The molecule has 0 fully saturated rings. The van der Waals surface area contributed by atoms with Gasteiger partial charge in [-0.2, -0.15) is 5.10 Å². The van der Waals surface area contributed by atoms with E-state index >= 15 is 0 Å². The monoisotopic (exact) mass is 331 g/mol. The van der Waals surface area contributed by atoms with Gasteiger partial charge in [0.05, 0.1) is 15.7 Å². The first-order valence-corrected chi connectivity index (χ1v) is 6.70. The van der Waals surface area contributed by atoms with Crippen molar-refractivity contribution in [1.82, 2.24) is 14.6 Å². The summed E-state index contributed by atoms with van der Waals surface area (Å²) in [4.78, 5) is 15.4. The molecule has 20 heavy (non-hydrogen) atoms. The lowest BCUT2D eigenvalue weighted by molar-refractivity contribution is 0.0696. The van der Waals surface area contributed by atoms with E-state index in [1.807, 2.05) is 12.1 Å². The van der Waals surface area contributed by atoms with Crippen LogP contribution >= 0.6 is 15.9 Å². The molecule has 0 atom stereocenters. The number of hydrogen-bond donors (Lipinski definition) is 1. The molecule has 0 amide bonds. The Morgan fingerprint density at radius 3 is 2.95 bits per heavy atom. The molecule has 0 unspecified atom stereocenters. The number of carboxylic acids is 1. The van der Waals surface area contributed by atoms with Gasteiger partial charge in [-0.3, -0.25) is 0 Å². The molecule has 1 aromatic carbocycles. The van der Waals surface area contributed by atoms with Gasteiger partial charge in [0, 0.05) is 18.0 Å². The number of benzene rings is 1. The molecule has 0 spiro atoms. The van der Waals surface area contributed by atoms with Gasteiger partial charge in [-0.15, -0.1) is 0 Å². The van der Waals surface area contributed by atoms with Gasteiger partial charge in [0.1, 0.15) is 0 Å². The average Bonchev–Trinajstić information content (AvgIpc) is 2.87. The maximum atomic E-state index is 11.2. The quantitative estimate of drug-likeness (QED) is 0.783. The van der Waals surface area contributed by atoms with E-state index in [-0.39, 0.29) is 5.56 Å². The summed E-state index contributed by atoms with van der Waals surface area (Å²) in [5.41, 5.74) is 3.19. The first kappa shape index (κ1) is 12.8. The second-order valence-electron chi connectivity index (χ2n) is 4.36. The molecule has 100 valence electrons. The average molecular weight is 332 g/mol. The molecular weight excluding hydrogens is 322 g/mol. The van der Waals surface area contributed by atoms with Crippen LogP contribution in [0.15, 0.2) is 41.1 Å². The van der Waals surface area contributed by atoms with Crippen molar-refractivity contribution in [2.45, 2.75) is 6.92 Å². The highest BCUT2D eigenvalue weighted by molar-refractivity contribution is 9.10. The summed E-state index contributed by atoms with van der Waals surface area (Å²) < 4.78 is 2.47. The molecule has 1 N–H and O–H groups in total. The fraction of sp³-hybridized carbons (Fsp3) is 0.0714. The van der Waals surface area contributed by atoms with E-state index in [0.717, 1.165) is 15.7 Å². The van der Waals surface area contributed by atoms with E-state index in [0.29, 0.717) is 11.3 Å². The van der Waals surface area contributed by atoms with Crippen LogP contribution in [0.2, 0.25) is 0 Å². The Kier molecular flexibility index (Phi) is 3.02. The SMILES string of the molecule is Cc1c(C(=O)O)cccc1-c1cc(Br)c2nccn2n1. The van der Waals surface area contributed by atoms with Gasteiger partial charge in [-0.25, -0.2) is 14.3 Å². The van der Waals surface area contributed by atoms with Crippen LogP contribution in [0.25, 0.3) is 16.9 Å².